The van der Waals surface area contributed by atoms with Crippen LogP contribution in [0.4, 0.5) is 0 Å². The largest absolute Gasteiger partial charge is 0.214 e. The van der Waals surface area contributed by atoms with Gasteiger partial charge in [0.2, 0.25) is 10.0 Å². The third-order valence-corrected chi connectivity index (χ3v) is 7.00. The average molecular weight is 412 g/mol. The molecule has 0 unspecified atom stereocenters. The molecule has 0 saturated heterocycles. The molecule has 0 radical (unpaired) electrons. The Morgan fingerprint density at radius 1 is 0.643 bits per heavy atom. The van der Waals surface area contributed by atoms with Crippen LogP contribution in [-0.4, -0.2) is 31.6 Å². The van der Waals surface area contributed by atoms with Crippen LogP contribution >= 0.6 is 0 Å². The van der Waals surface area contributed by atoms with Crippen molar-refractivity contribution in [3.8, 4) is 12.1 Å². The molecule has 5 nitrogen and oxygen atoms in total. The number of unbranched alkanes of at least 4 members (excludes halogenated alkanes) is 13. The second kappa shape index (κ2) is 19.2. The van der Waals surface area contributed by atoms with E-state index < -0.39 is 10.0 Å². The molecule has 0 saturated carbocycles. The molecule has 0 atom stereocenters. The molecule has 0 aromatic heterocycles. The van der Waals surface area contributed by atoms with Gasteiger partial charge in [-0.05, 0) is 32.1 Å². The van der Waals surface area contributed by atoms with E-state index in [0.29, 0.717) is 25.9 Å². The first-order chi connectivity index (χ1) is 13.6. The van der Waals surface area contributed by atoms with E-state index in [0.717, 1.165) is 57.8 Å². The van der Waals surface area contributed by atoms with Crippen LogP contribution in [0.1, 0.15) is 110 Å². The van der Waals surface area contributed by atoms with Gasteiger partial charge in [0.1, 0.15) is 0 Å². The minimum atomic E-state index is -3.21. The first kappa shape index (κ1) is 26.9. The summed E-state index contributed by atoms with van der Waals surface area (Å²) in [5.74, 6) is 0.248. The van der Waals surface area contributed by atoms with Crippen molar-refractivity contribution < 1.29 is 8.42 Å². The molecule has 28 heavy (non-hydrogen) atoms. The van der Waals surface area contributed by atoms with Crippen molar-refractivity contribution in [2.45, 2.75) is 110 Å². The normalized spacial score (nSPS) is 11.4. The summed E-state index contributed by atoms with van der Waals surface area (Å²) in [5.41, 5.74) is 0. The fourth-order valence-electron chi connectivity index (χ4n) is 3.28. The highest BCUT2D eigenvalue weighted by Gasteiger charge is 2.20. The summed E-state index contributed by atoms with van der Waals surface area (Å²) in [6.07, 6.45) is 15.4. The van der Waals surface area contributed by atoms with E-state index in [1.54, 1.807) is 4.31 Å². The summed E-state index contributed by atoms with van der Waals surface area (Å²) in [6.45, 7) is 3.33. The molecular formula is C22H41N3O2S. The van der Waals surface area contributed by atoms with Crippen molar-refractivity contribution >= 4 is 10.0 Å². The third-order valence-electron chi connectivity index (χ3n) is 5.04. The van der Waals surface area contributed by atoms with Crippen LogP contribution in [0, 0.1) is 22.7 Å². The first-order valence-corrected chi connectivity index (χ1v) is 12.9. The Morgan fingerprint density at radius 3 is 1.54 bits per heavy atom. The predicted molar refractivity (Wildman–Crippen MR) is 116 cm³/mol. The lowest BCUT2D eigenvalue weighted by Crippen LogP contribution is -2.35. The van der Waals surface area contributed by atoms with E-state index in [2.05, 4.69) is 19.1 Å². The van der Waals surface area contributed by atoms with Gasteiger partial charge in [-0.3, -0.25) is 0 Å². The third kappa shape index (κ3) is 15.9. The lowest BCUT2D eigenvalue weighted by atomic mass is 10.1. The molecule has 0 aliphatic carbocycles. The molecule has 0 rings (SSSR count). The summed E-state index contributed by atoms with van der Waals surface area (Å²) in [7, 11) is -3.21. The zero-order valence-electron chi connectivity index (χ0n) is 18.0. The van der Waals surface area contributed by atoms with Gasteiger partial charge in [-0.15, -0.1) is 0 Å². The molecule has 0 aromatic carbocycles. The van der Waals surface area contributed by atoms with E-state index >= 15 is 0 Å². The van der Waals surface area contributed by atoms with Gasteiger partial charge < -0.3 is 0 Å². The number of rotatable bonds is 20. The monoisotopic (exact) mass is 411 g/mol. The summed E-state index contributed by atoms with van der Waals surface area (Å²) < 4.78 is 27.2. The molecule has 0 heterocycles. The summed E-state index contributed by atoms with van der Waals surface area (Å²) in [6, 6.07) is 4.27. The number of hydrogen-bond donors (Lipinski definition) is 0. The van der Waals surface area contributed by atoms with Crippen LogP contribution in [0.15, 0.2) is 0 Å². The maximum atomic E-state index is 12.8. The molecule has 162 valence electrons. The minimum absolute atomic E-state index is 0.248. The zero-order chi connectivity index (χ0) is 20.9. The van der Waals surface area contributed by atoms with Crippen molar-refractivity contribution in [2.75, 3.05) is 18.8 Å². The molecule has 0 aliphatic rings. The molecule has 0 aromatic rings. The van der Waals surface area contributed by atoms with E-state index in [1.165, 1.54) is 32.1 Å². The number of hydrogen-bond acceptors (Lipinski definition) is 4. The van der Waals surface area contributed by atoms with Crippen LogP contribution in [0.25, 0.3) is 0 Å². The van der Waals surface area contributed by atoms with Gasteiger partial charge in [-0.1, -0.05) is 64.7 Å². The quantitative estimate of drug-likeness (QED) is 0.232. The molecule has 6 heteroatoms. The fourth-order valence-corrected chi connectivity index (χ4v) is 4.92. The maximum absolute atomic E-state index is 12.8. The summed E-state index contributed by atoms with van der Waals surface area (Å²) in [5, 5.41) is 17.2. The van der Waals surface area contributed by atoms with Crippen molar-refractivity contribution in [1.82, 2.24) is 4.31 Å². The highest BCUT2D eigenvalue weighted by Crippen LogP contribution is 2.14. The van der Waals surface area contributed by atoms with Crippen LogP contribution in [-0.2, 0) is 10.0 Å². The Kier molecular flexibility index (Phi) is 18.5. The Hall–Kier alpha value is -1.11. The Labute approximate surface area is 174 Å². The van der Waals surface area contributed by atoms with Crippen LogP contribution in [0.2, 0.25) is 0 Å². The summed E-state index contributed by atoms with van der Waals surface area (Å²) in [4.78, 5) is 0. The topological polar surface area (TPSA) is 85.0 Å². The minimum Gasteiger partial charge on any atom is -0.212 e. The SMILES string of the molecule is CCCCCCCCCCS(=O)(=O)N(CCCCCC#N)CCCCCC#N. The Morgan fingerprint density at radius 2 is 1.07 bits per heavy atom. The van der Waals surface area contributed by atoms with E-state index in [1.807, 2.05) is 0 Å². The zero-order valence-corrected chi connectivity index (χ0v) is 18.8. The summed E-state index contributed by atoms with van der Waals surface area (Å²) >= 11 is 0. The maximum Gasteiger partial charge on any atom is 0.214 e. The van der Waals surface area contributed by atoms with Crippen LogP contribution < -0.4 is 0 Å². The van der Waals surface area contributed by atoms with E-state index in [-0.39, 0.29) is 5.75 Å². The first-order valence-electron chi connectivity index (χ1n) is 11.3. The molecule has 0 fully saturated rings. The van der Waals surface area contributed by atoms with Crippen molar-refractivity contribution in [3.05, 3.63) is 0 Å². The van der Waals surface area contributed by atoms with Crippen LogP contribution in [0.3, 0.4) is 0 Å². The molecule has 0 spiro atoms. The smallest absolute Gasteiger partial charge is 0.212 e. The van der Waals surface area contributed by atoms with E-state index in [4.69, 9.17) is 10.5 Å². The van der Waals surface area contributed by atoms with Gasteiger partial charge in [0, 0.05) is 25.9 Å². The number of sulfonamides is 1. The lowest BCUT2D eigenvalue weighted by Gasteiger charge is -2.22. The van der Waals surface area contributed by atoms with Crippen molar-refractivity contribution in [2.24, 2.45) is 0 Å². The molecular weight excluding hydrogens is 370 g/mol. The predicted octanol–water partition coefficient (Wildman–Crippen LogP) is 5.93. The Balaban J connectivity index is 4.25. The molecule has 0 bridgehead atoms. The lowest BCUT2D eigenvalue weighted by molar-refractivity contribution is 0.386. The highest BCUT2D eigenvalue weighted by molar-refractivity contribution is 7.89. The van der Waals surface area contributed by atoms with Gasteiger partial charge in [0.05, 0.1) is 17.9 Å². The van der Waals surface area contributed by atoms with Crippen molar-refractivity contribution in [3.63, 3.8) is 0 Å². The van der Waals surface area contributed by atoms with Gasteiger partial charge >= 0.3 is 0 Å². The van der Waals surface area contributed by atoms with Gasteiger partial charge in [0.25, 0.3) is 0 Å². The molecule has 0 aliphatic heterocycles. The van der Waals surface area contributed by atoms with Gasteiger partial charge in [-0.2, -0.15) is 10.5 Å². The number of nitriles is 2. The standard InChI is InChI=1S/C22H41N3O2S/c1-2-3-4-5-6-7-12-17-22-28(26,27)25(20-15-10-8-13-18-23)21-16-11-9-14-19-24/h2-17,20-22H2,1H3. The average Bonchev–Trinajstić information content (AvgIpc) is 2.68. The second-order valence-electron chi connectivity index (χ2n) is 7.63. The van der Waals surface area contributed by atoms with Gasteiger partial charge in [-0.25, -0.2) is 12.7 Å². The molecule has 0 N–H and O–H groups in total. The van der Waals surface area contributed by atoms with Crippen molar-refractivity contribution in [1.29, 1.82) is 10.5 Å². The Bertz CT molecular complexity index is 511. The number of nitrogens with zero attached hydrogens (tertiary/aromatic N) is 3. The van der Waals surface area contributed by atoms with E-state index in [9.17, 15) is 8.42 Å². The van der Waals surface area contributed by atoms with Gasteiger partial charge in [0.15, 0.2) is 0 Å². The second-order valence-corrected chi connectivity index (χ2v) is 9.72. The highest BCUT2D eigenvalue weighted by atomic mass is 32.2. The van der Waals surface area contributed by atoms with Crippen LogP contribution in [0.5, 0.6) is 0 Å². The molecule has 0 amide bonds. The fraction of sp³-hybridized carbons (Fsp3) is 0.909.